The van der Waals surface area contributed by atoms with Crippen LogP contribution in [0.25, 0.3) is 0 Å². The van der Waals surface area contributed by atoms with E-state index in [9.17, 15) is 10.1 Å². The number of nitrogens with one attached hydrogen (secondary N) is 1. The summed E-state index contributed by atoms with van der Waals surface area (Å²) in [4.78, 5) is 13.5. The Balaban J connectivity index is 1.70. The zero-order valence-corrected chi connectivity index (χ0v) is 15.2. The molecule has 0 spiro atoms. The van der Waals surface area contributed by atoms with E-state index in [2.05, 4.69) is 21.6 Å². The van der Waals surface area contributed by atoms with Crippen molar-refractivity contribution < 1.29 is 4.79 Å². The molecule has 24 heavy (non-hydrogen) atoms. The maximum absolute atomic E-state index is 12.2. The lowest BCUT2D eigenvalue weighted by atomic mass is 9.97. The first-order valence-electron chi connectivity index (χ1n) is 8.00. The Morgan fingerprint density at radius 3 is 2.92 bits per heavy atom. The number of aromatic nitrogens is 3. The van der Waals surface area contributed by atoms with Crippen molar-refractivity contribution in [1.82, 2.24) is 14.8 Å². The number of anilines is 1. The van der Waals surface area contributed by atoms with Gasteiger partial charge in [0.15, 0.2) is 5.16 Å². The average molecular weight is 361 g/mol. The van der Waals surface area contributed by atoms with Crippen LogP contribution in [0.3, 0.4) is 0 Å². The SMILES string of the molecule is Cn1cnnc1SCC(=O)Nc1sc2c(c1C#N)CCCCCC2. The Bertz CT molecular complexity index is 774. The molecular weight excluding hydrogens is 342 g/mol. The van der Waals surface area contributed by atoms with Crippen LogP contribution in [-0.2, 0) is 24.7 Å². The number of amides is 1. The summed E-state index contributed by atoms with van der Waals surface area (Å²) >= 11 is 2.90. The molecule has 1 aliphatic carbocycles. The predicted molar refractivity (Wildman–Crippen MR) is 95.3 cm³/mol. The number of nitriles is 1. The van der Waals surface area contributed by atoms with Gasteiger partial charge in [-0.05, 0) is 31.2 Å². The van der Waals surface area contributed by atoms with Crippen molar-refractivity contribution >= 4 is 34.0 Å². The van der Waals surface area contributed by atoms with Crippen LogP contribution in [-0.4, -0.2) is 26.4 Å². The van der Waals surface area contributed by atoms with Crippen LogP contribution in [0.4, 0.5) is 5.00 Å². The summed E-state index contributed by atoms with van der Waals surface area (Å²) < 4.78 is 1.77. The number of aryl methyl sites for hydroxylation is 2. The highest BCUT2D eigenvalue weighted by atomic mass is 32.2. The maximum Gasteiger partial charge on any atom is 0.235 e. The van der Waals surface area contributed by atoms with E-state index in [1.165, 1.54) is 29.5 Å². The van der Waals surface area contributed by atoms with Crippen molar-refractivity contribution in [2.24, 2.45) is 7.05 Å². The van der Waals surface area contributed by atoms with Crippen LogP contribution in [0.2, 0.25) is 0 Å². The summed E-state index contributed by atoms with van der Waals surface area (Å²) in [5.41, 5.74) is 1.81. The Morgan fingerprint density at radius 1 is 1.42 bits per heavy atom. The summed E-state index contributed by atoms with van der Waals surface area (Å²) in [6.45, 7) is 0. The Morgan fingerprint density at radius 2 is 2.21 bits per heavy atom. The maximum atomic E-state index is 12.2. The van der Waals surface area contributed by atoms with E-state index >= 15 is 0 Å². The lowest BCUT2D eigenvalue weighted by molar-refractivity contribution is -0.113. The van der Waals surface area contributed by atoms with Crippen molar-refractivity contribution in [3.8, 4) is 6.07 Å². The molecule has 1 N–H and O–H groups in total. The minimum atomic E-state index is -0.117. The number of nitrogens with zero attached hydrogens (tertiary/aromatic N) is 4. The molecule has 3 rings (SSSR count). The molecule has 6 nitrogen and oxygen atoms in total. The van der Waals surface area contributed by atoms with Gasteiger partial charge in [-0.2, -0.15) is 5.26 Å². The Hall–Kier alpha value is -1.85. The smallest absolute Gasteiger partial charge is 0.235 e. The van der Waals surface area contributed by atoms with Crippen molar-refractivity contribution in [3.05, 3.63) is 22.3 Å². The molecule has 0 fully saturated rings. The van der Waals surface area contributed by atoms with E-state index in [0.29, 0.717) is 15.7 Å². The van der Waals surface area contributed by atoms with Crippen LogP contribution >= 0.6 is 23.1 Å². The Kier molecular flexibility index (Phi) is 5.53. The first-order valence-corrected chi connectivity index (χ1v) is 9.80. The molecule has 126 valence electrons. The molecule has 2 aromatic heterocycles. The minimum absolute atomic E-state index is 0.117. The number of carbonyl (C=O) groups excluding carboxylic acids is 1. The monoisotopic (exact) mass is 361 g/mol. The third kappa shape index (κ3) is 3.79. The summed E-state index contributed by atoms with van der Waals surface area (Å²) in [6.07, 6.45) is 8.30. The molecule has 0 radical (unpaired) electrons. The third-order valence-electron chi connectivity index (χ3n) is 4.04. The fourth-order valence-electron chi connectivity index (χ4n) is 2.82. The quantitative estimate of drug-likeness (QED) is 0.846. The van der Waals surface area contributed by atoms with Gasteiger partial charge in [-0.1, -0.05) is 24.6 Å². The van der Waals surface area contributed by atoms with Gasteiger partial charge in [-0.25, -0.2) is 0 Å². The van der Waals surface area contributed by atoms with E-state index in [1.807, 2.05) is 7.05 Å². The van der Waals surface area contributed by atoms with E-state index in [0.717, 1.165) is 31.2 Å². The highest BCUT2D eigenvalue weighted by Gasteiger charge is 2.20. The first kappa shape index (κ1) is 17.0. The van der Waals surface area contributed by atoms with E-state index in [1.54, 1.807) is 22.2 Å². The Labute approximate surface area is 149 Å². The number of thioether (sulfide) groups is 1. The van der Waals surface area contributed by atoms with Crippen LogP contribution < -0.4 is 5.32 Å². The molecule has 0 saturated carbocycles. The van der Waals surface area contributed by atoms with Crippen molar-refractivity contribution in [2.75, 3.05) is 11.1 Å². The predicted octanol–water partition coefficient (Wildman–Crippen LogP) is 3.14. The van der Waals surface area contributed by atoms with Gasteiger partial charge < -0.3 is 9.88 Å². The molecule has 0 aromatic carbocycles. The van der Waals surface area contributed by atoms with Crippen LogP contribution in [0, 0.1) is 11.3 Å². The molecule has 2 aromatic rings. The fraction of sp³-hybridized carbons (Fsp3) is 0.500. The van der Waals surface area contributed by atoms with Gasteiger partial charge in [0.1, 0.15) is 17.4 Å². The molecule has 0 aliphatic heterocycles. The second-order valence-corrected chi connectivity index (χ2v) is 7.84. The first-order chi connectivity index (χ1) is 11.7. The lowest BCUT2D eigenvalue weighted by Crippen LogP contribution is -2.14. The number of thiophene rings is 1. The fourth-order valence-corrected chi connectivity index (χ4v) is 4.77. The van der Waals surface area contributed by atoms with Gasteiger partial charge in [0, 0.05) is 11.9 Å². The average Bonchev–Trinajstić information content (AvgIpc) is 3.08. The largest absolute Gasteiger partial charge is 0.316 e. The zero-order valence-electron chi connectivity index (χ0n) is 13.5. The molecule has 8 heteroatoms. The highest BCUT2D eigenvalue weighted by Crippen LogP contribution is 2.36. The molecule has 0 bridgehead atoms. The number of carbonyl (C=O) groups is 1. The molecule has 0 saturated heterocycles. The number of hydrogen-bond acceptors (Lipinski definition) is 6. The molecule has 0 unspecified atom stereocenters. The topological polar surface area (TPSA) is 83.6 Å². The second-order valence-electron chi connectivity index (χ2n) is 5.80. The van der Waals surface area contributed by atoms with E-state index < -0.39 is 0 Å². The molecular formula is C16H19N5OS2. The second kappa shape index (κ2) is 7.81. The third-order valence-corrected chi connectivity index (χ3v) is 6.28. The molecule has 1 aliphatic rings. The van der Waals surface area contributed by atoms with Crippen molar-refractivity contribution in [2.45, 2.75) is 43.7 Å². The minimum Gasteiger partial charge on any atom is -0.316 e. The number of rotatable bonds is 4. The molecule has 2 heterocycles. The lowest BCUT2D eigenvalue weighted by Gasteiger charge is -2.08. The van der Waals surface area contributed by atoms with E-state index in [-0.39, 0.29) is 11.7 Å². The van der Waals surface area contributed by atoms with Crippen LogP contribution in [0.5, 0.6) is 0 Å². The molecule has 0 atom stereocenters. The van der Waals surface area contributed by atoms with Crippen LogP contribution in [0.15, 0.2) is 11.5 Å². The van der Waals surface area contributed by atoms with Gasteiger partial charge in [0.2, 0.25) is 5.91 Å². The summed E-state index contributed by atoms with van der Waals surface area (Å²) in [5, 5.41) is 21.6. The summed E-state index contributed by atoms with van der Waals surface area (Å²) in [6, 6.07) is 2.30. The zero-order chi connectivity index (χ0) is 16.9. The summed E-state index contributed by atoms with van der Waals surface area (Å²) in [5.74, 6) is 0.133. The van der Waals surface area contributed by atoms with Gasteiger partial charge >= 0.3 is 0 Å². The van der Waals surface area contributed by atoms with E-state index in [4.69, 9.17) is 0 Å². The van der Waals surface area contributed by atoms with Gasteiger partial charge in [0.25, 0.3) is 0 Å². The van der Waals surface area contributed by atoms with Crippen molar-refractivity contribution in [3.63, 3.8) is 0 Å². The number of fused-ring (bicyclic) bond motifs is 1. The van der Waals surface area contributed by atoms with Gasteiger partial charge in [-0.15, -0.1) is 21.5 Å². The molecule has 1 amide bonds. The van der Waals surface area contributed by atoms with Gasteiger partial charge in [0.05, 0.1) is 11.3 Å². The van der Waals surface area contributed by atoms with Crippen LogP contribution in [0.1, 0.15) is 41.7 Å². The van der Waals surface area contributed by atoms with Crippen molar-refractivity contribution in [1.29, 1.82) is 5.26 Å². The van der Waals surface area contributed by atoms with Gasteiger partial charge in [-0.3, -0.25) is 4.79 Å². The summed E-state index contributed by atoms with van der Waals surface area (Å²) in [7, 11) is 1.84. The normalized spacial score (nSPS) is 14.3. The standard InChI is InChI=1S/C16H19N5OS2/c1-21-10-18-20-16(21)23-9-14(22)19-15-12(8-17)11-6-4-2-3-5-7-13(11)24-15/h10H,2-7,9H2,1H3,(H,19,22). The number of hydrogen-bond donors (Lipinski definition) is 1. The highest BCUT2D eigenvalue weighted by molar-refractivity contribution is 7.99.